The van der Waals surface area contributed by atoms with E-state index in [2.05, 4.69) is 0 Å². The summed E-state index contributed by atoms with van der Waals surface area (Å²) in [6.07, 6.45) is -24.8. The number of hydrogen-bond acceptors (Lipinski definition) is 22. The first-order chi connectivity index (χ1) is 26.5. The summed E-state index contributed by atoms with van der Waals surface area (Å²) in [7, 11) is 0. The van der Waals surface area contributed by atoms with Crippen molar-refractivity contribution in [1.82, 2.24) is 0 Å². The smallest absolute Gasteiger partial charge is 0.302 e. The number of hydrogen-bond donors (Lipinski definition) is 13. The van der Waals surface area contributed by atoms with Gasteiger partial charge in [0.15, 0.2) is 35.7 Å². The van der Waals surface area contributed by atoms with Crippen LogP contribution in [-0.2, 0) is 33.2 Å². The van der Waals surface area contributed by atoms with Gasteiger partial charge in [0, 0.05) is 24.6 Å². The van der Waals surface area contributed by atoms with E-state index in [0.29, 0.717) is 0 Å². The topological polar surface area (TPSA) is 354 Å². The van der Waals surface area contributed by atoms with E-state index < -0.39 is 141 Å². The van der Waals surface area contributed by atoms with Crippen molar-refractivity contribution in [2.24, 2.45) is 0 Å². The number of carbonyl (C=O) groups excluding carboxylic acids is 1. The number of aliphatic hydroxyl groups is 9. The van der Waals surface area contributed by atoms with Crippen molar-refractivity contribution >= 4 is 12.0 Å². The third-order valence-corrected chi connectivity index (χ3v) is 9.46. The number of esters is 1. The van der Waals surface area contributed by atoms with Gasteiger partial charge in [0.2, 0.25) is 12.6 Å². The molecule has 2 aromatic rings. The van der Waals surface area contributed by atoms with Gasteiger partial charge in [0.25, 0.3) is 0 Å². The molecule has 6 rings (SSSR count). The molecule has 0 amide bonds. The standard InChI is InChI=1S/C34H42O22/c1-10(36)49-9-21-25(44)26(45)29(48)33(55-21)52-18-5-12(37)4-17-13(18)6-19(30(51-17)11-2-14(38)22(41)15(39)3-11)53-34-31(27(46)24(43)20(7-35)54-34)56-32-28(47)23(42)16(40)8-50-32/h2-6,16,20-21,23-35,37-48H,7-9H2,1H3/t16-,20-,21+,23-,24-,25+,26-,27-,28+,29+,30?,31-,32+,33+,34+/m0/s1. The van der Waals surface area contributed by atoms with Gasteiger partial charge in [-0.2, -0.15) is 0 Å². The molecule has 4 aliphatic heterocycles. The summed E-state index contributed by atoms with van der Waals surface area (Å²) >= 11 is 0. The Bertz CT molecular complexity index is 1730. The lowest BCUT2D eigenvalue weighted by Gasteiger charge is -2.45. The zero-order valence-electron chi connectivity index (χ0n) is 29.2. The molecule has 22 heteroatoms. The van der Waals surface area contributed by atoms with Crippen molar-refractivity contribution in [3.05, 3.63) is 41.2 Å². The van der Waals surface area contributed by atoms with E-state index in [4.69, 9.17) is 37.9 Å². The number of carbonyl (C=O) groups is 1. The Kier molecular flexibility index (Phi) is 12.3. The fourth-order valence-electron chi connectivity index (χ4n) is 6.39. The summed E-state index contributed by atoms with van der Waals surface area (Å²) in [5, 5.41) is 136. The lowest BCUT2D eigenvalue weighted by atomic mass is 9.97. The minimum absolute atomic E-state index is 0.0788. The molecule has 22 nitrogen and oxygen atoms in total. The van der Waals surface area contributed by atoms with Crippen LogP contribution in [0.1, 0.15) is 24.2 Å². The van der Waals surface area contributed by atoms with Gasteiger partial charge in [-0.1, -0.05) is 0 Å². The largest absolute Gasteiger partial charge is 0.508 e. The molecule has 4 heterocycles. The Morgan fingerprint density at radius 3 is 2.05 bits per heavy atom. The maximum atomic E-state index is 11.4. The van der Waals surface area contributed by atoms with Crippen LogP contribution in [0.5, 0.6) is 34.5 Å². The van der Waals surface area contributed by atoms with Gasteiger partial charge < -0.3 is 104 Å². The minimum atomic E-state index is -1.94. The molecule has 56 heavy (non-hydrogen) atoms. The van der Waals surface area contributed by atoms with Crippen LogP contribution in [0.4, 0.5) is 0 Å². The highest BCUT2D eigenvalue weighted by Crippen LogP contribution is 2.48. The molecule has 2 aromatic carbocycles. The fraction of sp³-hybridized carbons (Fsp3) is 0.559. The van der Waals surface area contributed by atoms with Crippen LogP contribution >= 0.6 is 0 Å². The molecule has 0 bridgehead atoms. The lowest BCUT2D eigenvalue weighted by molar-refractivity contribution is -0.352. The monoisotopic (exact) mass is 802 g/mol. The fourth-order valence-corrected chi connectivity index (χ4v) is 6.39. The van der Waals surface area contributed by atoms with Gasteiger partial charge in [-0.3, -0.25) is 4.79 Å². The van der Waals surface area contributed by atoms with Crippen molar-refractivity contribution in [2.75, 3.05) is 19.8 Å². The first kappa shape index (κ1) is 41.4. The Hall–Kier alpha value is -4.27. The quantitative estimate of drug-likeness (QED) is 0.0804. The molecule has 0 aliphatic carbocycles. The van der Waals surface area contributed by atoms with E-state index >= 15 is 0 Å². The summed E-state index contributed by atoms with van der Waals surface area (Å²) in [5.74, 6) is -4.56. The van der Waals surface area contributed by atoms with Crippen molar-refractivity contribution in [1.29, 1.82) is 0 Å². The number of aromatic hydroxyl groups is 4. The van der Waals surface area contributed by atoms with Gasteiger partial charge >= 0.3 is 5.97 Å². The number of phenols is 4. The van der Waals surface area contributed by atoms with Gasteiger partial charge in [0.05, 0.1) is 18.8 Å². The Morgan fingerprint density at radius 2 is 1.39 bits per heavy atom. The summed E-state index contributed by atoms with van der Waals surface area (Å²) in [6, 6.07) is 4.10. The molecule has 15 atom stereocenters. The first-order valence-corrected chi connectivity index (χ1v) is 17.1. The maximum absolute atomic E-state index is 11.4. The molecule has 310 valence electrons. The molecule has 13 N–H and O–H groups in total. The van der Waals surface area contributed by atoms with E-state index in [1.54, 1.807) is 0 Å². The minimum Gasteiger partial charge on any atom is -0.508 e. The molecule has 3 saturated heterocycles. The van der Waals surface area contributed by atoms with Gasteiger partial charge in [-0.15, -0.1) is 0 Å². The molecule has 4 aliphatic rings. The Morgan fingerprint density at radius 1 is 0.750 bits per heavy atom. The van der Waals surface area contributed by atoms with Gasteiger partial charge in [-0.05, 0) is 18.2 Å². The van der Waals surface area contributed by atoms with Crippen LogP contribution in [0, 0.1) is 0 Å². The highest BCUT2D eigenvalue weighted by atomic mass is 16.8. The molecular weight excluding hydrogens is 760 g/mol. The highest BCUT2D eigenvalue weighted by Gasteiger charge is 2.51. The Labute approximate surface area is 315 Å². The van der Waals surface area contributed by atoms with Crippen LogP contribution in [0.3, 0.4) is 0 Å². The molecule has 3 fully saturated rings. The number of ether oxygens (including phenoxy) is 8. The van der Waals surface area contributed by atoms with Gasteiger partial charge in [-0.25, -0.2) is 0 Å². The van der Waals surface area contributed by atoms with Gasteiger partial charge in [0.1, 0.15) is 90.7 Å². The average Bonchev–Trinajstić information content (AvgIpc) is 3.15. The second kappa shape index (κ2) is 16.7. The number of benzene rings is 2. The number of fused-ring (bicyclic) bond motifs is 1. The average molecular weight is 803 g/mol. The third kappa shape index (κ3) is 8.24. The summed E-state index contributed by atoms with van der Waals surface area (Å²) in [5.41, 5.74) is -0.183. The van der Waals surface area contributed by atoms with Crippen LogP contribution in [0.25, 0.3) is 6.08 Å². The predicted octanol–water partition coefficient (Wildman–Crippen LogP) is -3.99. The normalized spacial score (nSPS) is 37.1. The number of phenolic OH excluding ortho intramolecular Hbond substituents is 4. The molecule has 0 saturated carbocycles. The van der Waals surface area contributed by atoms with E-state index in [0.717, 1.165) is 31.2 Å². The number of aliphatic hydroxyl groups excluding tert-OH is 9. The van der Waals surface area contributed by atoms with Crippen molar-refractivity contribution in [3.8, 4) is 34.5 Å². The van der Waals surface area contributed by atoms with Crippen LogP contribution in [0.15, 0.2) is 30.0 Å². The van der Waals surface area contributed by atoms with Crippen molar-refractivity contribution in [2.45, 2.75) is 99.0 Å². The Balaban J connectivity index is 1.40. The predicted molar refractivity (Wildman–Crippen MR) is 176 cm³/mol. The number of rotatable bonds is 10. The molecule has 0 radical (unpaired) electrons. The van der Waals surface area contributed by atoms with E-state index in [-0.39, 0.29) is 28.4 Å². The second-order valence-corrected chi connectivity index (χ2v) is 13.4. The van der Waals surface area contributed by atoms with E-state index in [1.807, 2.05) is 0 Å². The van der Waals surface area contributed by atoms with Crippen LogP contribution < -0.4 is 9.47 Å². The first-order valence-electron chi connectivity index (χ1n) is 17.1. The zero-order valence-corrected chi connectivity index (χ0v) is 29.2. The van der Waals surface area contributed by atoms with Crippen LogP contribution in [-0.4, -0.2) is 178 Å². The van der Waals surface area contributed by atoms with E-state index in [9.17, 15) is 71.2 Å². The summed E-state index contributed by atoms with van der Waals surface area (Å²) in [4.78, 5) is 11.4. The molecular formula is C34H42O22. The van der Waals surface area contributed by atoms with E-state index in [1.165, 1.54) is 6.08 Å². The van der Waals surface area contributed by atoms with Crippen LogP contribution in [0.2, 0.25) is 0 Å². The summed E-state index contributed by atoms with van der Waals surface area (Å²) in [6.45, 7) is -0.827. The zero-order chi connectivity index (χ0) is 40.7. The second-order valence-electron chi connectivity index (χ2n) is 13.4. The SMILES string of the molecule is CC(=O)OC[C@H]1O[C@@H](Oc2cc(O)cc3c2C=C(O[C@@H]2O[C@@H](CO)[C@H](O)[C@H](O)[C@@H]2O[C@H]2OC[C@H](O)[C@H](O)[C@H]2O)C(c2cc(O)c(O)c(O)c2)O3)[C@H](O)[C@@H](O)[C@@H]1O. The van der Waals surface area contributed by atoms with Crippen molar-refractivity contribution in [3.63, 3.8) is 0 Å². The highest BCUT2D eigenvalue weighted by molar-refractivity contribution is 5.70. The maximum Gasteiger partial charge on any atom is 0.302 e. The molecule has 0 aromatic heterocycles. The molecule has 0 spiro atoms. The lowest BCUT2D eigenvalue weighted by Crippen LogP contribution is -2.63. The van der Waals surface area contributed by atoms with Crippen molar-refractivity contribution < 1.29 is 109 Å². The summed E-state index contributed by atoms with van der Waals surface area (Å²) < 4.78 is 45.4. The molecule has 1 unspecified atom stereocenters. The third-order valence-electron chi connectivity index (χ3n) is 9.46.